The van der Waals surface area contributed by atoms with E-state index in [2.05, 4.69) is 30.8 Å². The molecular formula is C20H29BrN4O4. The van der Waals surface area contributed by atoms with Crippen LogP contribution in [-0.4, -0.2) is 69.7 Å². The van der Waals surface area contributed by atoms with E-state index in [1.54, 1.807) is 4.90 Å². The standard InChI is InChI=1S/C20H29BrN4O4/c1-12-16(21)23-14(10-26)17(22-12)24-8-6-20(7-9-24)11-29-13(2)15(20)25(18(27)28)19(3,4)5/h10,13,15H,6-9,11H2,1-5H3,(H,27,28)/t13-,15+/m0/s1. The summed E-state index contributed by atoms with van der Waals surface area (Å²) in [6.45, 7) is 11.4. The lowest BCUT2D eigenvalue weighted by Crippen LogP contribution is -2.61. The van der Waals surface area contributed by atoms with E-state index in [1.165, 1.54) is 0 Å². The van der Waals surface area contributed by atoms with E-state index in [9.17, 15) is 14.7 Å². The summed E-state index contributed by atoms with van der Waals surface area (Å²) in [7, 11) is 0. The van der Waals surface area contributed by atoms with E-state index in [0.717, 1.165) is 24.8 Å². The van der Waals surface area contributed by atoms with Crippen LogP contribution in [0.2, 0.25) is 0 Å². The maximum Gasteiger partial charge on any atom is 0.408 e. The van der Waals surface area contributed by atoms with Crippen molar-refractivity contribution in [3.63, 3.8) is 0 Å². The van der Waals surface area contributed by atoms with Crippen LogP contribution in [0, 0.1) is 12.3 Å². The molecule has 0 unspecified atom stereocenters. The first-order chi connectivity index (χ1) is 13.5. The number of nitrogens with zero attached hydrogens (tertiary/aromatic N) is 4. The molecule has 1 aromatic rings. The molecule has 0 saturated carbocycles. The Labute approximate surface area is 179 Å². The number of amides is 1. The van der Waals surface area contributed by atoms with Gasteiger partial charge in [-0.15, -0.1) is 0 Å². The van der Waals surface area contributed by atoms with Gasteiger partial charge in [0.25, 0.3) is 0 Å². The van der Waals surface area contributed by atoms with Gasteiger partial charge in [-0.2, -0.15) is 0 Å². The Morgan fingerprint density at radius 1 is 1.34 bits per heavy atom. The molecule has 2 fully saturated rings. The molecule has 3 heterocycles. The highest BCUT2D eigenvalue weighted by atomic mass is 79.9. The van der Waals surface area contributed by atoms with Crippen LogP contribution in [0.25, 0.3) is 0 Å². The van der Waals surface area contributed by atoms with Gasteiger partial charge in [-0.25, -0.2) is 14.8 Å². The van der Waals surface area contributed by atoms with Crippen LogP contribution >= 0.6 is 15.9 Å². The second-order valence-corrected chi connectivity index (χ2v) is 9.81. The molecule has 2 atom stereocenters. The van der Waals surface area contributed by atoms with Gasteiger partial charge in [0.1, 0.15) is 10.3 Å². The number of aromatic nitrogens is 2. The third-order valence-electron chi connectivity index (χ3n) is 6.10. The molecule has 2 aliphatic heterocycles. The van der Waals surface area contributed by atoms with E-state index >= 15 is 0 Å². The molecule has 3 rings (SSSR count). The van der Waals surface area contributed by atoms with Crippen molar-refractivity contribution in [3.05, 3.63) is 16.0 Å². The van der Waals surface area contributed by atoms with Gasteiger partial charge < -0.3 is 14.7 Å². The van der Waals surface area contributed by atoms with Crippen molar-refractivity contribution in [1.29, 1.82) is 0 Å². The number of aryl methyl sites for hydroxylation is 1. The molecular weight excluding hydrogens is 440 g/mol. The summed E-state index contributed by atoms with van der Waals surface area (Å²) < 4.78 is 6.56. The summed E-state index contributed by atoms with van der Waals surface area (Å²) in [6.07, 6.45) is 1.16. The number of aldehydes is 1. The minimum atomic E-state index is -0.917. The first kappa shape index (κ1) is 22.0. The highest BCUT2D eigenvalue weighted by molar-refractivity contribution is 9.10. The number of carbonyl (C=O) groups is 2. The molecule has 160 valence electrons. The van der Waals surface area contributed by atoms with Crippen molar-refractivity contribution < 1.29 is 19.4 Å². The number of anilines is 1. The summed E-state index contributed by atoms with van der Waals surface area (Å²) in [5.41, 5.74) is 0.266. The van der Waals surface area contributed by atoms with E-state index in [-0.39, 0.29) is 17.6 Å². The molecule has 1 spiro atoms. The van der Waals surface area contributed by atoms with Gasteiger partial charge in [0.2, 0.25) is 0 Å². The zero-order valence-corrected chi connectivity index (χ0v) is 19.2. The number of carbonyl (C=O) groups excluding carboxylic acids is 1. The van der Waals surface area contributed by atoms with Gasteiger partial charge >= 0.3 is 6.09 Å². The smallest absolute Gasteiger partial charge is 0.408 e. The van der Waals surface area contributed by atoms with Gasteiger partial charge in [-0.3, -0.25) is 9.69 Å². The van der Waals surface area contributed by atoms with Crippen LogP contribution in [0.15, 0.2) is 4.60 Å². The largest absolute Gasteiger partial charge is 0.465 e. The molecule has 0 radical (unpaired) electrons. The van der Waals surface area contributed by atoms with Crippen molar-refractivity contribution >= 4 is 34.1 Å². The van der Waals surface area contributed by atoms with Gasteiger partial charge in [-0.05, 0) is 63.4 Å². The zero-order valence-electron chi connectivity index (χ0n) is 17.6. The normalized spacial score (nSPS) is 24.0. The lowest BCUT2D eigenvalue weighted by atomic mass is 9.71. The van der Waals surface area contributed by atoms with Gasteiger partial charge in [-0.1, -0.05) is 0 Å². The van der Waals surface area contributed by atoms with Gasteiger partial charge in [0.05, 0.1) is 24.4 Å². The molecule has 0 bridgehead atoms. The highest BCUT2D eigenvalue weighted by Gasteiger charge is 2.55. The summed E-state index contributed by atoms with van der Waals surface area (Å²) in [5, 5.41) is 9.95. The predicted octanol–water partition coefficient (Wildman–Crippen LogP) is 3.51. The van der Waals surface area contributed by atoms with Gasteiger partial charge in [0.15, 0.2) is 12.1 Å². The number of piperidine rings is 1. The minimum Gasteiger partial charge on any atom is -0.465 e. The van der Waals surface area contributed by atoms with Crippen LogP contribution < -0.4 is 4.90 Å². The number of ether oxygens (including phenoxy) is 1. The lowest BCUT2D eigenvalue weighted by Gasteiger charge is -2.49. The Balaban J connectivity index is 1.87. The topological polar surface area (TPSA) is 95.9 Å². The van der Waals surface area contributed by atoms with Crippen LogP contribution in [0.5, 0.6) is 0 Å². The Bertz CT molecular complexity index is 802. The van der Waals surface area contributed by atoms with Crippen LogP contribution in [0.3, 0.4) is 0 Å². The lowest BCUT2D eigenvalue weighted by molar-refractivity contribution is 0.00841. The van der Waals surface area contributed by atoms with E-state index < -0.39 is 11.6 Å². The third kappa shape index (κ3) is 3.99. The van der Waals surface area contributed by atoms with E-state index in [1.807, 2.05) is 34.6 Å². The average Bonchev–Trinajstić information content (AvgIpc) is 2.93. The molecule has 2 aliphatic rings. The fourth-order valence-electron chi connectivity index (χ4n) is 4.69. The molecule has 1 amide bonds. The quantitative estimate of drug-likeness (QED) is 0.677. The van der Waals surface area contributed by atoms with Crippen molar-refractivity contribution in [3.8, 4) is 0 Å². The molecule has 0 aliphatic carbocycles. The third-order valence-corrected chi connectivity index (χ3v) is 6.85. The second-order valence-electron chi connectivity index (χ2n) is 9.06. The molecule has 1 N–H and O–H groups in total. The summed E-state index contributed by atoms with van der Waals surface area (Å²) in [4.78, 5) is 36.2. The maximum atomic E-state index is 12.1. The fraction of sp³-hybridized carbons (Fsp3) is 0.700. The highest BCUT2D eigenvalue weighted by Crippen LogP contribution is 2.47. The van der Waals surface area contributed by atoms with Crippen molar-refractivity contribution in [1.82, 2.24) is 14.9 Å². The summed E-state index contributed by atoms with van der Waals surface area (Å²) in [6, 6.07) is -0.217. The van der Waals surface area contributed by atoms with E-state index in [4.69, 9.17) is 4.74 Å². The molecule has 9 heteroatoms. The molecule has 29 heavy (non-hydrogen) atoms. The number of rotatable bonds is 3. The molecule has 1 aromatic heterocycles. The number of halogens is 1. The zero-order chi connectivity index (χ0) is 21.6. The predicted molar refractivity (Wildman–Crippen MR) is 113 cm³/mol. The Kier molecular flexibility index (Phi) is 5.93. The first-order valence-electron chi connectivity index (χ1n) is 9.88. The average molecular weight is 469 g/mol. The second kappa shape index (κ2) is 7.83. The van der Waals surface area contributed by atoms with Crippen molar-refractivity contribution in [2.75, 3.05) is 24.6 Å². The summed E-state index contributed by atoms with van der Waals surface area (Å²) >= 11 is 3.33. The molecule has 0 aromatic carbocycles. The van der Waals surface area contributed by atoms with Crippen molar-refractivity contribution in [2.45, 2.75) is 65.1 Å². The number of hydrogen-bond donors (Lipinski definition) is 1. The number of carboxylic acid groups (broad SMARTS) is 1. The monoisotopic (exact) mass is 468 g/mol. The van der Waals surface area contributed by atoms with Crippen LogP contribution in [-0.2, 0) is 4.74 Å². The molecule has 2 saturated heterocycles. The SMILES string of the molecule is Cc1nc(N2CCC3(CC2)CO[C@@H](C)[C@H]3N(C(=O)O)C(C)(C)C)c(C=O)nc1Br. The van der Waals surface area contributed by atoms with Crippen LogP contribution in [0.1, 0.15) is 56.7 Å². The minimum absolute atomic E-state index is 0.169. The van der Waals surface area contributed by atoms with Crippen LogP contribution in [0.4, 0.5) is 10.6 Å². The Morgan fingerprint density at radius 3 is 2.48 bits per heavy atom. The van der Waals surface area contributed by atoms with Gasteiger partial charge in [0, 0.05) is 24.0 Å². The van der Waals surface area contributed by atoms with E-state index in [0.29, 0.717) is 35.8 Å². The first-order valence-corrected chi connectivity index (χ1v) is 10.7. The number of hydrogen-bond acceptors (Lipinski definition) is 6. The molecule has 8 nitrogen and oxygen atoms in total. The summed E-state index contributed by atoms with van der Waals surface area (Å²) in [5.74, 6) is 0.588. The Hall–Kier alpha value is -1.74. The Morgan fingerprint density at radius 2 is 1.97 bits per heavy atom. The maximum absolute atomic E-state index is 12.1. The fourth-order valence-corrected chi connectivity index (χ4v) is 4.97. The van der Waals surface area contributed by atoms with Crippen molar-refractivity contribution in [2.24, 2.45) is 5.41 Å².